The molecule has 0 saturated heterocycles. The Hall–Kier alpha value is -3.39. The molecule has 6 nitrogen and oxygen atoms in total. The van der Waals surface area contributed by atoms with Gasteiger partial charge in [0, 0.05) is 16.7 Å². The highest BCUT2D eigenvalue weighted by Crippen LogP contribution is 2.31. The first kappa shape index (κ1) is 18.0. The molecule has 2 N–H and O–H groups in total. The largest absolute Gasteiger partial charge is 0.394 e. The molecule has 1 aromatic heterocycles. The summed E-state index contributed by atoms with van der Waals surface area (Å²) in [4.78, 5) is 16.5. The van der Waals surface area contributed by atoms with Crippen LogP contribution in [-0.4, -0.2) is 27.8 Å². The van der Waals surface area contributed by atoms with Crippen molar-refractivity contribution < 1.29 is 23.2 Å². The summed E-state index contributed by atoms with van der Waals surface area (Å²) in [5.74, 6) is -1.06. The van der Waals surface area contributed by atoms with Gasteiger partial charge in [0.2, 0.25) is 5.82 Å². The lowest BCUT2D eigenvalue weighted by Gasteiger charge is -2.12. The number of nitrogens with zero attached hydrogens (tertiary/aromatic N) is 2. The smallest absolute Gasteiger partial charge is 0.251 e. The molecular formula is C20H15F2N3O3. The van der Waals surface area contributed by atoms with E-state index in [0.717, 1.165) is 17.7 Å². The van der Waals surface area contributed by atoms with Crippen LogP contribution in [0.15, 0.2) is 53.1 Å². The molecule has 1 atom stereocenters. The number of amides is 1. The van der Waals surface area contributed by atoms with Crippen LogP contribution in [0.5, 0.6) is 0 Å². The number of carbonyl (C=O) groups is 1. The molecule has 1 heterocycles. The van der Waals surface area contributed by atoms with Gasteiger partial charge in [0.05, 0.1) is 6.61 Å². The maximum Gasteiger partial charge on any atom is 0.251 e. The Balaban J connectivity index is 1.54. The number of aromatic nitrogens is 2. The number of carbonyl (C=O) groups excluding carboxylic acids is 1. The molecule has 1 aliphatic carbocycles. The normalized spacial score (nSPS) is 13.8. The van der Waals surface area contributed by atoms with Gasteiger partial charge in [-0.25, -0.2) is 8.78 Å². The van der Waals surface area contributed by atoms with E-state index in [0.29, 0.717) is 17.5 Å². The number of hydrogen-bond donors (Lipinski definition) is 2. The minimum Gasteiger partial charge on any atom is -0.394 e. The van der Waals surface area contributed by atoms with E-state index in [1.807, 2.05) is 0 Å². The average Bonchev–Trinajstić information content (AvgIpc) is 3.34. The first-order valence-electron chi connectivity index (χ1n) is 8.55. The summed E-state index contributed by atoms with van der Waals surface area (Å²) >= 11 is 0. The number of rotatable bonds is 5. The van der Waals surface area contributed by atoms with E-state index >= 15 is 0 Å². The first-order chi connectivity index (χ1) is 13.5. The van der Waals surface area contributed by atoms with Crippen molar-refractivity contribution in [2.45, 2.75) is 12.5 Å². The lowest BCUT2D eigenvalue weighted by Crippen LogP contribution is -2.31. The highest BCUT2D eigenvalue weighted by Gasteiger charge is 2.23. The lowest BCUT2D eigenvalue weighted by molar-refractivity contribution is 0.0901. The number of aliphatic hydroxyl groups excluding tert-OH is 1. The second-order valence-corrected chi connectivity index (χ2v) is 6.30. The highest BCUT2D eigenvalue weighted by molar-refractivity contribution is 5.94. The molecule has 3 aromatic rings. The summed E-state index contributed by atoms with van der Waals surface area (Å²) in [7, 11) is 0. The summed E-state index contributed by atoms with van der Waals surface area (Å²) in [6.45, 7) is -0.476. The van der Waals surface area contributed by atoms with E-state index < -0.39 is 24.4 Å². The van der Waals surface area contributed by atoms with Gasteiger partial charge in [0.15, 0.2) is 0 Å². The SMILES string of the molecule is O=C(N[C@@H](CO)c1nc(-c2ccc3c(c2)C(F)=CC3)no1)c1ccc(F)cc1. The Morgan fingerprint density at radius 2 is 2.00 bits per heavy atom. The predicted molar refractivity (Wildman–Crippen MR) is 96.2 cm³/mol. The van der Waals surface area contributed by atoms with Gasteiger partial charge < -0.3 is 14.9 Å². The zero-order chi connectivity index (χ0) is 19.7. The summed E-state index contributed by atoms with van der Waals surface area (Å²) in [5.41, 5.74) is 2.15. The van der Waals surface area contributed by atoms with Crippen molar-refractivity contribution in [1.82, 2.24) is 15.5 Å². The Labute approximate surface area is 158 Å². The van der Waals surface area contributed by atoms with Crippen molar-refractivity contribution in [1.29, 1.82) is 0 Å². The van der Waals surface area contributed by atoms with E-state index in [4.69, 9.17) is 4.52 Å². The molecule has 8 heteroatoms. The van der Waals surface area contributed by atoms with Gasteiger partial charge in [-0.15, -0.1) is 0 Å². The van der Waals surface area contributed by atoms with E-state index in [2.05, 4.69) is 15.5 Å². The van der Waals surface area contributed by atoms with Gasteiger partial charge >= 0.3 is 0 Å². The van der Waals surface area contributed by atoms with Gasteiger partial charge in [-0.2, -0.15) is 4.98 Å². The Morgan fingerprint density at radius 1 is 1.21 bits per heavy atom. The van der Waals surface area contributed by atoms with E-state index in [1.54, 1.807) is 18.2 Å². The number of benzene rings is 2. The fourth-order valence-electron chi connectivity index (χ4n) is 2.95. The Kier molecular flexibility index (Phi) is 4.70. The van der Waals surface area contributed by atoms with Crippen LogP contribution in [-0.2, 0) is 6.42 Å². The van der Waals surface area contributed by atoms with Crippen LogP contribution in [0.2, 0.25) is 0 Å². The predicted octanol–water partition coefficient (Wildman–Crippen LogP) is 3.21. The highest BCUT2D eigenvalue weighted by atomic mass is 19.1. The third-order valence-corrected chi connectivity index (χ3v) is 4.46. The third-order valence-electron chi connectivity index (χ3n) is 4.46. The lowest BCUT2D eigenvalue weighted by atomic mass is 10.1. The van der Waals surface area contributed by atoms with Gasteiger partial charge in [0.1, 0.15) is 17.7 Å². The van der Waals surface area contributed by atoms with Crippen molar-refractivity contribution in [3.8, 4) is 11.4 Å². The molecular weight excluding hydrogens is 368 g/mol. The fourth-order valence-corrected chi connectivity index (χ4v) is 2.95. The molecule has 2 aromatic carbocycles. The van der Waals surface area contributed by atoms with E-state index in [-0.39, 0.29) is 23.1 Å². The van der Waals surface area contributed by atoms with Crippen molar-refractivity contribution in [2.75, 3.05) is 6.61 Å². The van der Waals surface area contributed by atoms with Crippen molar-refractivity contribution in [3.05, 3.63) is 76.9 Å². The van der Waals surface area contributed by atoms with Crippen LogP contribution in [0.3, 0.4) is 0 Å². The van der Waals surface area contributed by atoms with Gasteiger partial charge in [-0.3, -0.25) is 4.79 Å². The maximum atomic E-state index is 13.8. The minimum absolute atomic E-state index is 0.00414. The zero-order valence-corrected chi connectivity index (χ0v) is 14.5. The first-order valence-corrected chi connectivity index (χ1v) is 8.55. The van der Waals surface area contributed by atoms with Crippen LogP contribution in [0.25, 0.3) is 17.2 Å². The third kappa shape index (κ3) is 3.41. The van der Waals surface area contributed by atoms with Gasteiger partial charge in [0.25, 0.3) is 11.8 Å². The summed E-state index contributed by atoms with van der Waals surface area (Å²) in [6, 6.07) is 9.22. The molecule has 28 heavy (non-hydrogen) atoms. The molecule has 1 aliphatic rings. The monoisotopic (exact) mass is 383 g/mol. The molecule has 0 aliphatic heterocycles. The van der Waals surface area contributed by atoms with Crippen LogP contribution in [0, 0.1) is 5.82 Å². The molecule has 0 fully saturated rings. The number of fused-ring (bicyclic) bond motifs is 1. The molecule has 1 amide bonds. The average molecular weight is 383 g/mol. The van der Waals surface area contributed by atoms with Crippen LogP contribution in [0.4, 0.5) is 8.78 Å². The molecule has 0 saturated carbocycles. The van der Waals surface area contributed by atoms with E-state index in [9.17, 15) is 18.7 Å². The number of hydrogen-bond acceptors (Lipinski definition) is 5. The number of allylic oxidation sites excluding steroid dienone is 1. The topological polar surface area (TPSA) is 88.2 Å². The molecule has 4 rings (SSSR count). The van der Waals surface area contributed by atoms with Crippen LogP contribution in [0.1, 0.15) is 33.4 Å². The Bertz CT molecular complexity index is 1060. The molecule has 0 unspecified atom stereocenters. The molecule has 0 bridgehead atoms. The summed E-state index contributed by atoms with van der Waals surface area (Å²) in [5, 5.41) is 16.0. The second kappa shape index (κ2) is 7.32. The van der Waals surface area contributed by atoms with Crippen molar-refractivity contribution in [3.63, 3.8) is 0 Å². The molecule has 142 valence electrons. The molecule has 0 radical (unpaired) electrons. The number of nitrogens with one attached hydrogen (secondary N) is 1. The zero-order valence-electron chi connectivity index (χ0n) is 14.5. The number of aliphatic hydroxyl groups is 1. The van der Waals surface area contributed by atoms with Crippen LogP contribution >= 0.6 is 0 Å². The second-order valence-electron chi connectivity index (χ2n) is 6.30. The maximum absolute atomic E-state index is 13.8. The summed E-state index contributed by atoms with van der Waals surface area (Å²) < 4.78 is 32.0. The molecule has 0 spiro atoms. The number of halogens is 2. The van der Waals surface area contributed by atoms with Crippen molar-refractivity contribution in [2.24, 2.45) is 0 Å². The van der Waals surface area contributed by atoms with E-state index in [1.165, 1.54) is 18.2 Å². The summed E-state index contributed by atoms with van der Waals surface area (Å²) in [6.07, 6.45) is 2.05. The minimum atomic E-state index is -0.940. The van der Waals surface area contributed by atoms with Gasteiger partial charge in [-0.1, -0.05) is 17.3 Å². The fraction of sp³-hybridized carbons (Fsp3) is 0.150. The standard InChI is InChI=1S/C20H15F2N3O3/c21-14-6-3-12(4-7-14)19(27)23-17(10-26)20-24-18(25-28-20)13-2-1-11-5-8-16(22)15(11)9-13/h1-4,6-9,17,26H,5,10H2,(H,23,27)/t17-/m0/s1. The van der Waals surface area contributed by atoms with Gasteiger partial charge in [-0.05, 0) is 48.4 Å². The van der Waals surface area contributed by atoms with Crippen LogP contribution < -0.4 is 5.32 Å². The quantitative estimate of drug-likeness (QED) is 0.706. The van der Waals surface area contributed by atoms with Crippen molar-refractivity contribution >= 4 is 11.7 Å². The Morgan fingerprint density at radius 3 is 2.75 bits per heavy atom.